The fourth-order valence-electron chi connectivity index (χ4n) is 3.29. The summed E-state index contributed by atoms with van der Waals surface area (Å²) < 4.78 is 0. The highest BCUT2D eigenvalue weighted by Gasteiger charge is 2.30. The molecule has 0 nitrogen and oxygen atoms in total. The monoisotopic (exact) mass is 254 g/mol. The van der Waals surface area contributed by atoms with Crippen molar-refractivity contribution >= 4 is 0 Å². The van der Waals surface area contributed by atoms with Gasteiger partial charge in [-0.1, -0.05) is 74.7 Å². The molecule has 2 aliphatic rings. The molecule has 2 unspecified atom stereocenters. The molecule has 2 rings (SSSR count). The first kappa shape index (κ1) is 18.0. The average Bonchev–Trinajstić information content (AvgIpc) is 2.74. The molecule has 2 fully saturated rings. The van der Waals surface area contributed by atoms with E-state index < -0.39 is 0 Å². The molecule has 18 heavy (non-hydrogen) atoms. The third-order valence-corrected chi connectivity index (χ3v) is 5.01. The Morgan fingerprint density at radius 1 is 0.833 bits per heavy atom. The number of hydrogen-bond donors (Lipinski definition) is 0. The summed E-state index contributed by atoms with van der Waals surface area (Å²) in [5.41, 5.74) is 1.32. The van der Waals surface area contributed by atoms with Gasteiger partial charge >= 0.3 is 0 Å². The van der Waals surface area contributed by atoms with E-state index in [1.807, 2.05) is 13.8 Å². The Balaban J connectivity index is 0.000000283. The van der Waals surface area contributed by atoms with Crippen molar-refractivity contribution in [1.29, 1.82) is 0 Å². The van der Waals surface area contributed by atoms with Crippen LogP contribution in [0.25, 0.3) is 0 Å². The Morgan fingerprint density at radius 2 is 1.39 bits per heavy atom. The van der Waals surface area contributed by atoms with Crippen LogP contribution >= 0.6 is 0 Å². The van der Waals surface area contributed by atoms with Crippen LogP contribution in [0.4, 0.5) is 0 Å². The lowest BCUT2D eigenvalue weighted by molar-refractivity contribution is 0.281. The first-order valence-corrected chi connectivity index (χ1v) is 8.23. The molecule has 0 N–H and O–H groups in total. The molecule has 0 bridgehead atoms. The summed E-state index contributed by atoms with van der Waals surface area (Å²) in [7, 11) is 0. The van der Waals surface area contributed by atoms with E-state index in [1.165, 1.54) is 38.5 Å². The molecule has 0 aromatic carbocycles. The largest absolute Gasteiger partial charge is 0.0683 e. The summed E-state index contributed by atoms with van der Waals surface area (Å²) in [6, 6.07) is 0. The van der Waals surface area contributed by atoms with Crippen LogP contribution in [0, 0.1) is 22.7 Å². The summed E-state index contributed by atoms with van der Waals surface area (Å²) in [5, 5.41) is 0. The zero-order valence-electron chi connectivity index (χ0n) is 14.4. The van der Waals surface area contributed by atoms with Gasteiger partial charge < -0.3 is 0 Å². The van der Waals surface area contributed by atoms with Crippen molar-refractivity contribution in [3.8, 4) is 0 Å². The highest BCUT2D eigenvalue weighted by molar-refractivity contribution is 4.81. The predicted molar refractivity (Wildman–Crippen MR) is 84.9 cm³/mol. The molecule has 0 heteroatoms. The fraction of sp³-hybridized carbons (Fsp3) is 1.00. The molecule has 110 valence electrons. The Morgan fingerprint density at radius 3 is 1.50 bits per heavy atom. The summed E-state index contributed by atoms with van der Waals surface area (Å²) in [4.78, 5) is 0. The molecular weight excluding hydrogens is 216 g/mol. The lowest BCUT2D eigenvalue weighted by Crippen LogP contribution is -2.13. The minimum atomic E-state index is 0.653. The molecule has 2 saturated carbocycles. The zero-order valence-corrected chi connectivity index (χ0v) is 14.4. The molecule has 0 heterocycles. The second-order valence-corrected chi connectivity index (χ2v) is 7.79. The third-order valence-electron chi connectivity index (χ3n) is 5.01. The highest BCUT2D eigenvalue weighted by atomic mass is 14.4. The Kier molecular flexibility index (Phi) is 7.56. The van der Waals surface area contributed by atoms with Crippen LogP contribution in [0.15, 0.2) is 0 Å². The molecular formula is C18H38. The smallest absolute Gasteiger partial charge is 0.0329 e. The van der Waals surface area contributed by atoms with E-state index in [9.17, 15) is 0 Å². The van der Waals surface area contributed by atoms with E-state index >= 15 is 0 Å². The van der Waals surface area contributed by atoms with Crippen molar-refractivity contribution in [2.24, 2.45) is 22.7 Å². The Bertz CT molecular complexity index is 212. The maximum Gasteiger partial charge on any atom is -0.0329 e. The van der Waals surface area contributed by atoms with Gasteiger partial charge in [-0.2, -0.15) is 0 Å². The van der Waals surface area contributed by atoms with Crippen molar-refractivity contribution in [2.45, 2.75) is 93.9 Å². The minimum Gasteiger partial charge on any atom is -0.0683 e. The maximum absolute atomic E-state index is 2.38. The normalized spacial score (nSPS) is 32.0. The highest BCUT2D eigenvalue weighted by Crippen LogP contribution is 2.41. The van der Waals surface area contributed by atoms with Crippen molar-refractivity contribution < 1.29 is 0 Å². The molecule has 0 spiro atoms. The van der Waals surface area contributed by atoms with Gasteiger partial charge in [-0.15, -0.1) is 0 Å². The van der Waals surface area contributed by atoms with Crippen molar-refractivity contribution in [1.82, 2.24) is 0 Å². The van der Waals surface area contributed by atoms with E-state index in [0.29, 0.717) is 10.8 Å². The molecule has 0 saturated heterocycles. The molecule has 0 aromatic rings. The Labute approximate surface area is 117 Å². The van der Waals surface area contributed by atoms with Gasteiger partial charge in [0, 0.05) is 0 Å². The number of hydrogen-bond acceptors (Lipinski definition) is 0. The average molecular weight is 255 g/mol. The van der Waals surface area contributed by atoms with Gasteiger partial charge in [0.1, 0.15) is 0 Å². The van der Waals surface area contributed by atoms with Gasteiger partial charge in [0.05, 0.1) is 0 Å². The lowest BCUT2D eigenvalue weighted by Gasteiger charge is -2.22. The summed E-state index contributed by atoms with van der Waals surface area (Å²) in [6.07, 6.45) is 8.67. The summed E-state index contributed by atoms with van der Waals surface area (Å²) in [6.45, 7) is 18.2. The standard InChI is InChI=1S/2C8H16.C2H6/c1-7-4-5-8(2,3)6-7;1-7-5-4-6-8(7,2)3;1-2/h2*7H,4-6H2,1-3H3;1-2H3. The van der Waals surface area contributed by atoms with Gasteiger partial charge in [0.15, 0.2) is 0 Å². The van der Waals surface area contributed by atoms with E-state index in [0.717, 1.165) is 11.8 Å². The molecule has 0 amide bonds. The van der Waals surface area contributed by atoms with Crippen LogP contribution in [0.3, 0.4) is 0 Å². The molecule has 0 aliphatic heterocycles. The van der Waals surface area contributed by atoms with Gasteiger partial charge in [-0.3, -0.25) is 0 Å². The topological polar surface area (TPSA) is 0 Å². The van der Waals surface area contributed by atoms with Crippen LogP contribution < -0.4 is 0 Å². The molecule has 0 radical (unpaired) electrons. The van der Waals surface area contributed by atoms with Crippen molar-refractivity contribution in [2.75, 3.05) is 0 Å². The Hall–Kier alpha value is 0. The number of rotatable bonds is 0. The van der Waals surface area contributed by atoms with Gasteiger partial charge in [0.25, 0.3) is 0 Å². The SMILES string of the molecule is CC.CC1CCC(C)(C)C1.CC1CCCC1(C)C. The molecule has 2 atom stereocenters. The predicted octanol–water partition coefficient (Wildman–Crippen LogP) is 6.69. The van der Waals surface area contributed by atoms with E-state index in [1.54, 1.807) is 0 Å². The van der Waals surface area contributed by atoms with Crippen LogP contribution in [0.5, 0.6) is 0 Å². The molecule has 0 aromatic heterocycles. The second-order valence-electron chi connectivity index (χ2n) is 7.79. The summed E-state index contributed by atoms with van der Waals surface area (Å²) >= 11 is 0. The van der Waals surface area contributed by atoms with Crippen molar-refractivity contribution in [3.05, 3.63) is 0 Å². The first-order valence-electron chi connectivity index (χ1n) is 8.23. The van der Waals surface area contributed by atoms with E-state index in [2.05, 4.69) is 41.5 Å². The summed E-state index contributed by atoms with van der Waals surface area (Å²) in [5.74, 6) is 1.95. The van der Waals surface area contributed by atoms with E-state index in [-0.39, 0.29) is 0 Å². The quantitative estimate of drug-likeness (QED) is 0.451. The molecule has 2 aliphatic carbocycles. The van der Waals surface area contributed by atoms with Gasteiger partial charge in [0.2, 0.25) is 0 Å². The lowest BCUT2D eigenvalue weighted by atomic mass is 9.83. The second kappa shape index (κ2) is 7.56. The fourth-order valence-corrected chi connectivity index (χ4v) is 3.29. The third kappa shape index (κ3) is 6.25. The van der Waals surface area contributed by atoms with Gasteiger partial charge in [-0.25, -0.2) is 0 Å². The van der Waals surface area contributed by atoms with Crippen molar-refractivity contribution in [3.63, 3.8) is 0 Å². The maximum atomic E-state index is 2.38. The van der Waals surface area contributed by atoms with Crippen LogP contribution in [0.1, 0.15) is 93.9 Å². The first-order chi connectivity index (χ1) is 8.23. The van der Waals surface area contributed by atoms with E-state index in [4.69, 9.17) is 0 Å². The van der Waals surface area contributed by atoms with Crippen LogP contribution in [-0.4, -0.2) is 0 Å². The van der Waals surface area contributed by atoms with Crippen LogP contribution in [0.2, 0.25) is 0 Å². The minimum absolute atomic E-state index is 0.653. The van der Waals surface area contributed by atoms with Gasteiger partial charge in [-0.05, 0) is 41.9 Å². The zero-order chi connectivity index (χ0) is 14.4. The van der Waals surface area contributed by atoms with Crippen LogP contribution in [-0.2, 0) is 0 Å².